The topological polar surface area (TPSA) is 35.2 Å². The van der Waals surface area contributed by atoms with E-state index in [0.717, 1.165) is 27.9 Å². The van der Waals surface area contributed by atoms with Gasteiger partial charge in [0.1, 0.15) is 5.75 Å². The van der Waals surface area contributed by atoms with Crippen LogP contribution in [-0.2, 0) is 6.42 Å². The minimum Gasteiger partial charge on any atom is -0.497 e. The highest BCUT2D eigenvalue weighted by Crippen LogP contribution is 2.26. The summed E-state index contributed by atoms with van der Waals surface area (Å²) >= 11 is 3.44. The lowest BCUT2D eigenvalue weighted by atomic mass is 9.99. The van der Waals surface area contributed by atoms with Crippen LogP contribution < -0.4 is 10.5 Å². The Morgan fingerprint density at radius 3 is 2.44 bits per heavy atom. The summed E-state index contributed by atoms with van der Waals surface area (Å²) in [4.78, 5) is 0. The zero-order valence-corrected chi connectivity index (χ0v) is 12.1. The second kappa shape index (κ2) is 5.44. The lowest BCUT2D eigenvalue weighted by Crippen LogP contribution is -1.98. The molecular formula is C15H16BrNO. The Labute approximate surface area is 116 Å². The molecule has 0 unspecified atom stereocenters. The van der Waals surface area contributed by atoms with Gasteiger partial charge in [-0.05, 0) is 48.2 Å². The number of halogens is 1. The number of nitrogen functional groups attached to an aromatic ring is 1. The van der Waals surface area contributed by atoms with Crippen LogP contribution in [0.5, 0.6) is 5.75 Å². The first kappa shape index (κ1) is 13.0. The van der Waals surface area contributed by atoms with Gasteiger partial charge in [-0.3, -0.25) is 0 Å². The van der Waals surface area contributed by atoms with Gasteiger partial charge in [0.05, 0.1) is 7.11 Å². The molecule has 2 aromatic carbocycles. The Morgan fingerprint density at radius 2 is 1.83 bits per heavy atom. The molecule has 2 nitrogen and oxygen atoms in total. The second-order valence-corrected chi connectivity index (χ2v) is 5.22. The highest BCUT2D eigenvalue weighted by molar-refractivity contribution is 9.10. The third kappa shape index (κ3) is 2.85. The molecule has 0 amide bonds. The quantitative estimate of drug-likeness (QED) is 0.872. The van der Waals surface area contributed by atoms with Crippen molar-refractivity contribution in [1.82, 2.24) is 0 Å². The van der Waals surface area contributed by atoms with Crippen LogP contribution in [0.3, 0.4) is 0 Å². The third-order valence-corrected chi connectivity index (χ3v) is 3.60. The average Bonchev–Trinajstić information content (AvgIpc) is 2.37. The van der Waals surface area contributed by atoms with Crippen molar-refractivity contribution in [2.24, 2.45) is 0 Å². The second-order valence-electron chi connectivity index (χ2n) is 4.30. The Balaban J connectivity index is 2.33. The van der Waals surface area contributed by atoms with Crippen LogP contribution in [0.1, 0.15) is 16.7 Å². The van der Waals surface area contributed by atoms with E-state index in [0.29, 0.717) is 0 Å². The maximum atomic E-state index is 5.99. The van der Waals surface area contributed by atoms with Gasteiger partial charge >= 0.3 is 0 Å². The van der Waals surface area contributed by atoms with Crippen LogP contribution in [0.4, 0.5) is 5.69 Å². The van der Waals surface area contributed by atoms with Crippen LogP contribution in [0.25, 0.3) is 0 Å². The number of hydrogen-bond donors (Lipinski definition) is 1. The number of benzene rings is 2. The van der Waals surface area contributed by atoms with Gasteiger partial charge in [0, 0.05) is 16.2 Å². The fourth-order valence-corrected chi connectivity index (χ4v) is 2.16. The molecule has 18 heavy (non-hydrogen) atoms. The molecule has 0 aliphatic heterocycles. The smallest absolute Gasteiger partial charge is 0.121 e. The normalized spacial score (nSPS) is 10.4. The van der Waals surface area contributed by atoms with E-state index in [1.807, 2.05) is 31.2 Å². The summed E-state index contributed by atoms with van der Waals surface area (Å²) in [6.45, 7) is 2.04. The summed E-state index contributed by atoms with van der Waals surface area (Å²) in [6, 6.07) is 12.2. The van der Waals surface area contributed by atoms with Gasteiger partial charge in [0.25, 0.3) is 0 Å². The SMILES string of the molecule is COc1cc(N)c(C)c(Cc2ccc(Br)cc2)c1. The lowest BCUT2D eigenvalue weighted by molar-refractivity contribution is 0.414. The number of nitrogens with two attached hydrogens (primary N) is 1. The zero-order valence-electron chi connectivity index (χ0n) is 10.5. The molecule has 0 aromatic heterocycles. The van der Waals surface area contributed by atoms with Crippen LogP contribution >= 0.6 is 15.9 Å². The van der Waals surface area contributed by atoms with Gasteiger partial charge in [-0.1, -0.05) is 28.1 Å². The van der Waals surface area contributed by atoms with Crippen molar-refractivity contribution < 1.29 is 4.74 Å². The monoisotopic (exact) mass is 305 g/mol. The minimum atomic E-state index is 0.779. The molecule has 94 valence electrons. The van der Waals surface area contributed by atoms with Gasteiger partial charge in [0.15, 0.2) is 0 Å². The van der Waals surface area contributed by atoms with Crippen molar-refractivity contribution in [3.8, 4) is 5.75 Å². The molecule has 2 aromatic rings. The molecule has 0 radical (unpaired) electrons. The van der Waals surface area contributed by atoms with Gasteiger partial charge in [-0.25, -0.2) is 0 Å². The molecule has 2 N–H and O–H groups in total. The molecule has 0 atom stereocenters. The molecule has 0 aliphatic rings. The molecule has 0 aliphatic carbocycles. The summed E-state index contributed by atoms with van der Waals surface area (Å²) in [6.07, 6.45) is 0.862. The molecular weight excluding hydrogens is 290 g/mol. The Hall–Kier alpha value is -1.48. The van der Waals surface area contributed by atoms with Crippen molar-refractivity contribution in [3.05, 3.63) is 57.6 Å². The zero-order chi connectivity index (χ0) is 13.1. The van der Waals surface area contributed by atoms with Gasteiger partial charge in [0.2, 0.25) is 0 Å². The molecule has 0 heterocycles. The summed E-state index contributed by atoms with van der Waals surface area (Å²) < 4.78 is 6.35. The molecule has 0 saturated carbocycles. The van der Waals surface area contributed by atoms with E-state index in [1.165, 1.54) is 11.1 Å². The van der Waals surface area contributed by atoms with Crippen molar-refractivity contribution in [2.45, 2.75) is 13.3 Å². The maximum absolute atomic E-state index is 5.99. The van der Waals surface area contributed by atoms with Crippen molar-refractivity contribution in [3.63, 3.8) is 0 Å². The van der Waals surface area contributed by atoms with Gasteiger partial charge in [-0.2, -0.15) is 0 Å². The molecule has 2 rings (SSSR count). The fraction of sp³-hybridized carbons (Fsp3) is 0.200. The number of rotatable bonds is 3. The first-order valence-corrected chi connectivity index (χ1v) is 6.57. The molecule has 0 bridgehead atoms. The van der Waals surface area contributed by atoms with Crippen molar-refractivity contribution >= 4 is 21.6 Å². The maximum Gasteiger partial charge on any atom is 0.121 e. The summed E-state index contributed by atoms with van der Waals surface area (Å²) in [5, 5.41) is 0. The van der Waals surface area contributed by atoms with E-state index >= 15 is 0 Å². The predicted molar refractivity (Wildman–Crippen MR) is 79.1 cm³/mol. The van der Waals surface area contributed by atoms with Crippen LogP contribution in [0, 0.1) is 6.92 Å². The first-order chi connectivity index (χ1) is 8.60. The van der Waals surface area contributed by atoms with Crippen LogP contribution in [-0.4, -0.2) is 7.11 Å². The van der Waals surface area contributed by atoms with E-state index in [-0.39, 0.29) is 0 Å². The number of methoxy groups -OCH3 is 1. The highest BCUT2D eigenvalue weighted by Gasteiger charge is 2.06. The minimum absolute atomic E-state index is 0.779. The highest BCUT2D eigenvalue weighted by atomic mass is 79.9. The summed E-state index contributed by atoms with van der Waals surface area (Å²) in [5.41, 5.74) is 10.4. The molecule has 0 fully saturated rings. The number of ether oxygens (including phenoxy) is 1. The Morgan fingerprint density at radius 1 is 1.17 bits per heavy atom. The van der Waals surface area contributed by atoms with E-state index in [1.54, 1.807) is 7.11 Å². The Kier molecular flexibility index (Phi) is 3.92. The largest absolute Gasteiger partial charge is 0.497 e. The van der Waals surface area contributed by atoms with Gasteiger partial charge < -0.3 is 10.5 Å². The standard InChI is InChI=1S/C15H16BrNO/c1-10-12(8-14(18-2)9-15(10)17)7-11-3-5-13(16)6-4-11/h3-6,8-9H,7,17H2,1-2H3. The summed E-state index contributed by atoms with van der Waals surface area (Å²) in [7, 11) is 1.66. The number of hydrogen-bond acceptors (Lipinski definition) is 2. The molecule has 0 spiro atoms. The van der Waals surface area contributed by atoms with Crippen molar-refractivity contribution in [2.75, 3.05) is 12.8 Å². The van der Waals surface area contributed by atoms with E-state index < -0.39 is 0 Å². The fourth-order valence-electron chi connectivity index (χ4n) is 1.89. The average molecular weight is 306 g/mol. The van der Waals surface area contributed by atoms with E-state index in [9.17, 15) is 0 Å². The van der Waals surface area contributed by atoms with Crippen molar-refractivity contribution in [1.29, 1.82) is 0 Å². The number of anilines is 1. The lowest BCUT2D eigenvalue weighted by Gasteiger charge is -2.11. The third-order valence-electron chi connectivity index (χ3n) is 3.07. The molecule has 3 heteroatoms. The molecule has 0 saturated heterocycles. The van der Waals surface area contributed by atoms with Gasteiger partial charge in [-0.15, -0.1) is 0 Å². The predicted octanol–water partition coefficient (Wildman–Crippen LogP) is 3.94. The van der Waals surface area contributed by atoms with Crippen LogP contribution in [0.15, 0.2) is 40.9 Å². The first-order valence-electron chi connectivity index (χ1n) is 5.77. The summed E-state index contributed by atoms with van der Waals surface area (Å²) in [5.74, 6) is 0.810. The van der Waals surface area contributed by atoms with E-state index in [4.69, 9.17) is 10.5 Å². The van der Waals surface area contributed by atoms with Crippen LogP contribution in [0.2, 0.25) is 0 Å². The Bertz CT molecular complexity index is 549. The van der Waals surface area contributed by atoms with E-state index in [2.05, 4.69) is 28.1 Å².